The van der Waals surface area contributed by atoms with Gasteiger partial charge in [-0.1, -0.05) is 32.4 Å². The molecule has 0 radical (unpaired) electrons. The van der Waals surface area contributed by atoms with Gasteiger partial charge in [0.15, 0.2) is 0 Å². The Balaban J connectivity index is 4.58. The van der Waals surface area contributed by atoms with Gasteiger partial charge in [0.2, 0.25) is 0 Å². The lowest BCUT2D eigenvalue weighted by Crippen LogP contribution is -2.28. The summed E-state index contributed by atoms with van der Waals surface area (Å²) >= 11 is 0. The third-order valence-electron chi connectivity index (χ3n) is 2.03. The lowest BCUT2D eigenvalue weighted by Gasteiger charge is -2.31. The number of allylic oxidation sites excluding steroid dienone is 1. The number of rotatable bonds is 2. The van der Waals surface area contributed by atoms with Crippen molar-refractivity contribution in [1.82, 2.24) is 0 Å². The molecule has 0 rings (SSSR count). The molecule has 0 bridgehead atoms. The highest BCUT2D eigenvalue weighted by molar-refractivity contribution is 5.02. The number of aliphatic hydroxyl groups is 1. The molecule has 1 N–H and O–H groups in total. The third-order valence-corrected chi connectivity index (χ3v) is 2.03. The molecule has 0 aliphatic rings. The predicted molar refractivity (Wildman–Crippen MR) is 54.1 cm³/mol. The van der Waals surface area contributed by atoms with Crippen LogP contribution in [0.2, 0.25) is 0 Å². The van der Waals surface area contributed by atoms with Crippen molar-refractivity contribution in [2.45, 2.75) is 47.6 Å². The van der Waals surface area contributed by atoms with E-state index < -0.39 is 0 Å². The van der Waals surface area contributed by atoms with Gasteiger partial charge in [0.05, 0.1) is 6.10 Å². The minimum absolute atomic E-state index is 0.144. The van der Waals surface area contributed by atoms with Crippen molar-refractivity contribution >= 4 is 0 Å². The molecule has 0 aliphatic heterocycles. The molecule has 0 heterocycles. The fourth-order valence-electron chi connectivity index (χ4n) is 1.47. The van der Waals surface area contributed by atoms with Gasteiger partial charge in [-0.05, 0) is 26.2 Å². The van der Waals surface area contributed by atoms with Crippen molar-refractivity contribution in [1.29, 1.82) is 0 Å². The normalized spacial score (nSPS) is 16.9. The monoisotopic (exact) mass is 170 g/mol. The zero-order valence-electron chi connectivity index (χ0n) is 9.18. The number of hydrogen-bond donors (Lipinski definition) is 1. The van der Waals surface area contributed by atoms with Crippen molar-refractivity contribution in [3.8, 4) is 0 Å². The minimum Gasteiger partial charge on any atom is -0.393 e. The van der Waals surface area contributed by atoms with Crippen LogP contribution in [0.5, 0.6) is 0 Å². The van der Waals surface area contributed by atoms with E-state index in [1.165, 1.54) is 5.57 Å². The summed E-state index contributed by atoms with van der Waals surface area (Å²) in [7, 11) is 0. The van der Waals surface area contributed by atoms with Crippen molar-refractivity contribution in [2.24, 2.45) is 11.3 Å². The van der Waals surface area contributed by atoms with Crippen LogP contribution in [0.3, 0.4) is 0 Å². The summed E-state index contributed by atoms with van der Waals surface area (Å²) in [6.45, 7) is 12.5. The predicted octanol–water partition coefficient (Wildman–Crippen LogP) is 3.00. The van der Waals surface area contributed by atoms with Crippen LogP contribution in [0.4, 0.5) is 0 Å². The Kier molecular flexibility index (Phi) is 3.98. The first-order chi connectivity index (χ1) is 5.25. The molecule has 1 heteroatoms. The zero-order valence-corrected chi connectivity index (χ0v) is 9.18. The number of hydrogen-bond acceptors (Lipinski definition) is 1. The minimum atomic E-state index is -0.264. The van der Waals surface area contributed by atoms with Crippen LogP contribution in [0.1, 0.15) is 41.5 Å². The van der Waals surface area contributed by atoms with E-state index in [0.29, 0.717) is 0 Å². The van der Waals surface area contributed by atoms with E-state index in [4.69, 9.17) is 0 Å². The van der Waals surface area contributed by atoms with Crippen molar-refractivity contribution in [2.75, 3.05) is 0 Å². The molecule has 12 heavy (non-hydrogen) atoms. The molecule has 0 aliphatic carbocycles. The molecule has 0 aromatic carbocycles. The highest BCUT2D eigenvalue weighted by Crippen LogP contribution is 2.30. The van der Waals surface area contributed by atoms with Crippen LogP contribution in [0, 0.1) is 11.3 Å². The fraction of sp³-hybridized carbons (Fsp3) is 0.818. The van der Waals surface area contributed by atoms with Gasteiger partial charge in [0.1, 0.15) is 0 Å². The van der Waals surface area contributed by atoms with Gasteiger partial charge < -0.3 is 5.11 Å². The third kappa shape index (κ3) is 3.91. The van der Waals surface area contributed by atoms with Gasteiger partial charge in [0.25, 0.3) is 0 Å². The summed E-state index contributed by atoms with van der Waals surface area (Å²) in [6.07, 6.45) is 1.89. The molecule has 0 spiro atoms. The summed E-state index contributed by atoms with van der Waals surface area (Å²) in [5.41, 5.74) is 1.42. The van der Waals surface area contributed by atoms with E-state index in [9.17, 15) is 5.11 Å². The van der Waals surface area contributed by atoms with Gasteiger partial charge >= 0.3 is 0 Å². The maximum absolute atomic E-state index is 9.55. The Bertz CT molecular complexity index is 156. The Hall–Kier alpha value is -0.300. The van der Waals surface area contributed by atoms with E-state index in [1.807, 2.05) is 6.92 Å². The van der Waals surface area contributed by atoms with E-state index in [-0.39, 0.29) is 17.4 Å². The SMILES string of the molecule is CC(C)=C[C@H]([C@H](C)O)C(C)(C)C. The molecule has 0 aromatic heterocycles. The lowest BCUT2D eigenvalue weighted by atomic mass is 9.77. The van der Waals surface area contributed by atoms with Crippen LogP contribution in [-0.2, 0) is 0 Å². The molecule has 2 atom stereocenters. The van der Waals surface area contributed by atoms with Crippen LogP contribution in [0.15, 0.2) is 11.6 Å². The zero-order chi connectivity index (χ0) is 9.94. The van der Waals surface area contributed by atoms with Gasteiger partial charge in [-0.3, -0.25) is 0 Å². The smallest absolute Gasteiger partial charge is 0.0579 e. The Morgan fingerprint density at radius 1 is 1.25 bits per heavy atom. The highest BCUT2D eigenvalue weighted by Gasteiger charge is 2.26. The van der Waals surface area contributed by atoms with Crippen LogP contribution in [0.25, 0.3) is 0 Å². The quantitative estimate of drug-likeness (QED) is 0.632. The largest absolute Gasteiger partial charge is 0.393 e. The van der Waals surface area contributed by atoms with Crippen LogP contribution in [-0.4, -0.2) is 11.2 Å². The molecule has 72 valence electrons. The maximum atomic E-state index is 9.55. The second-order valence-electron chi connectivity index (χ2n) is 4.88. The first-order valence-corrected chi connectivity index (χ1v) is 4.58. The van der Waals surface area contributed by atoms with Gasteiger partial charge in [0, 0.05) is 5.92 Å². The second kappa shape index (κ2) is 4.08. The van der Waals surface area contributed by atoms with Gasteiger partial charge in [-0.15, -0.1) is 0 Å². The number of aliphatic hydroxyl groups excluding tert-OH is 1. The fourth-order valence-corrected chi connectivity index (χ4v) is 1.47. The summed E-state index contributed by atoms with van der Waals surface area (Å²) in [6, 6.07) is 0. The van der Waals surface area contributed by atoms with E-state index >= 15 is 0 Å². The molecule has 0 fully saturated rings. The summed E-state index contributed by atoms with van der Waals surface area (Å²) in [4.78, 5) is 0. The summed E-state index contributed by atoms with van der Waals surface area (Å²) in [5, 5.41) is 9.55. The van der Waals surface area contributed by atoms with Crippen molar-refractivity contribution < 1.29 is 5.11 Å². The molecule has 0 aromatic rings. The summed E-state index contributed by atoms with van der Waals surface area (Å²) in [5.74, 6) is 0.252. The second-order valence-corrected chi connectivity index (χ2v) is 4.88. The first-order valence-electron chi connectivity index (χ1n) is 4.58. The Morgan fingerprint density at radius 3 is 1.75 bits per heavy atom. The molecular formula is C11H22O. The van der Waals surface area contributed by atoms with E-state index in [1.54, 1.807) is 0 Å². The average molecular weight is 170 g/mol. The Morgan fingerprint density at radius 2 is 1.67 bits per heavy atom. The molecule has 0 saturated heterocycles. The van der Waals surface area contributed by atoms with Crippen molar-refractivity contribution in [3.05, 3.63) is 11.6 Å². The molecule has 0 unspecified atom stereocenters. The Labute approximate surface area is 76.5 Å². The first kappa shape index (κ1) is 11.7. The molecule has 0 amide bonds. The maximum Gasteiger partial charge on any atom is 0.0579 e. The molecule has 1 nitrogen and oxygen atoms in total. The van der Waals surface area contributed by atoms with Crippen LogP contribution < -0.4 is 0 Å². The van der Waals surface area contributed by atoms with Gasteiger partial charge in [-0.25, -0.2) is 0 Å². The van der Waals surface area contributed by atoms with E-state index in [0.717, 1.165) is 0 Å². The molecule has 0 saturated carbocycles. The standard InChI is InChI=1S/C11H22O/c1-8(2)7-10(9(3)12)11(4,5)6/h7,9-10,12H,1-6H3/t9-,10+/m0/s1. The lowest BCUT2D eigenvalue weighted by molar-refractivity contribution is 0.0860. The highest BCUT2D eigenvalue weighted by atomic mass is 16.3. The van der Waals surface area contributed by atoms with Gasteiger partial charge in [-0.2, -0.15) is 0 Å². The topological polar surface area (TPSA) is 20.2 Å². The average Bonchev–Trinajstić information content (AvgIpc) is 1.79. The summed E-state index contributed by atoms with van der Waals surface area (Å²) < 4.78 is 0. The van der Waals surface area contributed by atoms with Crippen molar-refractivity contribution in [3.63, 3.8) is 0 Å². The van der Waals surface area contributed by atoms with E-state index in [2.05, 4.69) is 40.7 Å². The van der Waals surface area contributed by atoms with Crippen LogP contribution >= 0.6 is 0 Å². The molecular weight excluding hydrogens is 148 g/mol.